The largest absolute Gasteiger partial charge is 0.459 e. The Balaban J connectivity index is 2.31. The number of nitrogens with one attached hydrogen (secondary N) is 1. The molecule has 0 saturated heterocycles. The lowest BCUT2D eigenvalue weighted by atomic mass is 10.1. The molecule has 0 bridgehead atoms. The van der Waals surface area contributed by atoms with Gasteiger partial charge in [0.25, 0.3) is 11.8 Å². The third-order valence-electron chi connectivity index (χ3n) is 3.43. The summed E-state index contributed by atoms with van der Waals surface area (Å²) in [5, 5.41) is 21.3. The highest BCUT2D eigenvalue weighted by Gasteiger charge is 2.21. The van der Waals surface area contributed by atoms with Crippen molar-refractivity contribution in [2.24, 2.45) is 0 Å². The van der Waals surface area contributed by atoms with Crippen LogP contribution < -0.4 is 5.32 Å². The molecule has 8 heteroatoms. The van der Waals surface area contributed by atoms with Crippen molar-refractivity contribution in [3.63, 3.8) is 0 Å². The zero-order chi connectivity index (χ0) is 18.9. The second-order valence-electron chi connectivity index (χ2n) is 5.28. The summed E-state index contributed by atoms with van der Waals surface area (Å²) in [5.74, 6) is -1.07. The first-order valence-corrected chi connectivity index (χ1v) is 8.26. The van der Waals surface area contributed by atoms with Crippen LogP contribution in [0.2, 0.25) is 5.02 Å². The Bertz CT molecular complexity index is 750. The summed E-state index contributed by atoms with van der Waals surface area (Å²) in [6, 6.07) is 9.72. The summed E-state index contributed by atoms with van der Waals surface area (Å²) < 4.78 is 5.04. The second kappa shape index (κ2) is 9.76. The van der Waals surface area contributed by atoms with Gasteiger partial charge in [-0.2, -0.15) is 0 Å². The van der Waals surface area contributed by atoms with Gasteiger partial charge < -0.3 is 24.8 Å². The van der Waals surface area contributed by atoms with Gasteiger partial charge in [0, 0.05) is 18.1 Å². The first-order valence-electron chi connectivity index (χ1n) is 7.88. The van der Waals surface area contributed by atoms with E-state index in [2.05, 4.69) is 5.32 Å². The molecule has 138 valence electrons. The van der Waals surface area contributed by atoms with Crippen molar-refractivity contribution in [3.8, 4) is 0 Å². The van der Waals surface area contributed by atoms with Gasteiger partial charge in [-0.25, -0.2) is 0 Å². The predicted molar refractivity (Wildman–Crippen MR) is 96.4 cm³/mol. The molecule has 0 radical (unpaired) electrons. The lowest BCUT2D eigenvalue weighted by Crippen LogP contribution is -2.41. The maximum Gasteiger partial charge on any atom is 0.291 e. The van der Waals surface area contributed by atoms with E-state index in [0.717, 1.165) is 0 Å². The van der Waals surface area contributed by atoms with Crippen LogP contribution in [0, 0.1) is 0 Å². The number of amides is 2. The fourth-order valence-electron chi connectivity index (χ4n) is 2.20. The molecule has 0 atom stereocenters. The molecular weight excluding hydrogens is 360 g/mol. The van der Waals surface area contributed by atoms with Crippen LogP contribution in [0.15, 0.2) is 52.8 Å². The number of halogens is 1. The third-order valence-corrected chi connectivity index (χ3v) is 3.68. The molecule has 2 aromatic rings. The SMILES string of the molecule is O=C(N/C(=C\c1ccc(Cl)cc1)C(=O)N(CCO)CCO)c1ccco1. The van der Waals surface area contributed by atoms with Crippen LogP contribution in [0.4, 0.5) is 0 Å². The molecule has 0 aliphatic carbocycles. The minimum atomic E-state index is -0.587. The number of carbonyl (C=O) groups excluding carboxylic acids is 2. The molecule has 0 fully saturated rings. The average molecular weight is 379 g/mol. The number of aliphatic hydroxyl groups excluding tert-OH is 2. The van der Waals surface area contributed by atoms with Gasteiger partial charge in [-0.1, -0.05) is 23.7 Å². The van der Waals surface area contributed by atoms with Gasteiger partial charge in [0.2, 0.25) is 0 Å². The molecule has 2 amide bonds. The standard InChI is InChI=1S/C18H19ClN2O5/c19-14-5-3-13(4-6-14)12-15(18(25)21(7-9-22)8-10-23)20-17(24)16-2-1-11-26-16/h1-6,11-12,22-23H,7-10H2,(H,20,24)/b15-12-. The number of aliphatic hydroxyl groups is 2. The zero-order valence-electron chi connectivity index (χ0n) is 13.9. The van der Waals surface area contributed by atoms with Crippen molar-refractivity contribution < 1.29 is 24.2 Å². The van der Waals surface area contributed by atoms with Gasteiger partial charge in [-0.15, -0.1) is 0 Å². The lowest BCUT2D eigenvalue weighted by molar-refractivity contribution is -0.128. The van der Waals surface area contributed by atoms with E-state index in [0.29, 0.717) is 10.6 Å². The van der Waals surface area contributed by atoms with Crippen LogP contribution in [0.25, 0.3) is 6.08 Å². The molecule has 26 heavy (non-hydrogen) atoms. The van der Waals surface area contributed by atoms with Crippen LogP contribution in [-0.2, 0) is 4.79 Å². The van der Waals surface area contributed by atoms with Crippen molar-refractivity contribution in [1.82, 2.24) is 10.2 Å². The Hall–Kier alpha value is -2.61. The van der Waals surface area contributed by atoms with Gasteiger partial charge in [0.1, 0.15) is 5.70 Å². The highest BCUT2D eigenvalue weighted by Crippen LogP contribution is 2.14. The number of hydrogen-bond donors (Lipinski definition) is 3. The van der Waals surface area contributed by atoms with Gasteiger partial charge in [0.15, 0.2) is 5.76 Å². The molecule has 2 rings (SSSR count). The predicted octanol–water partition coefficient (Wildman–Crippen LogP) is 1.52. The smallest absolute Gasteiger partial charge is 0.291 e. The summed E-state index contributed by atoms with van der Waals surface area (Å²) in [6.07, 6.45) is 2.84. The number of rotatable bonds is 8. The van der Waals surface area contributed by atoms with Gasteiger partial charge in [0.05, 0.1) is 19.5 Å². The minimum Gasteiger partial charge on any atom is -0.459 e. The average Bonchev–Trinajstić information content (AvgIpc) is 3.17. The number of benzene rings is 1. The molecule has 1 heterocycles. The molecule has 0 aliphatic rings. The number of nitrogens with zero attached hydrogens (tertiary/aromatic N) is 1. The first kappa shape index (κ1) is 19.7. The van der Waals surface area contributed by atoms with Crippen molar-refractivity contribution >= 4 is 29.5 Å². The van der Waals surface area contributed by atoms with Crippen LogP contribution >= 0.6 is 11.6 Å². The topological polar surface area (TPSA) is 103 Å². The highest BCUT2D eigenvalue weighted by atomic mass is 35.5. The van der Waals surface area contributed by atoms with Gasteiger partial charge in [-0.05, 0) is 35.9 Å². The fourth-order valence-corrected chi connectivity index (χ4v) is 2.32. The molecule has 1 aromatic carbocycles. The summed E-state index contributed by atoms with van der Waals surface area (Å²) in [6.45, 7) is -0.500. The minimum absolute atomic E-state index is 0.0179. The third kappa shape index (κ3) is 5.45. The molecule has 7 nitrogen and oxygen atoms in total. The van der Waals surface area contributed by atoms with E-state index in [-0.39, 0.29) is 37.8 Å². The van der Waals surface area contributed by atoms with E-state index in [9.17, 15) is 9.59 Å². The van der Waals surface area contributed by atoms with Crippen LogP contribution in [0.1, 0.15) is 16.1 Å². The monoisotopic (exact) mass is 378 g/mol. The van der Waals surface area contributed by atoms with E-state index < -0.39 is 11.8 Å². The zero-order valence-corrected chi connectivity index (χ0v) is 14.6. The molecule has 1 aromatic heterocycles. The lowest BCUT2D eigenvalue weighted by Gasteiger charge is -2.22. The number of furan rings is 1. The fraction of sp³-hybridized carbons (Fsp3) is 0.222. The van der Waals surface area contributed by atoms with E-state index in [4.69, 9.17) is 26.2 Å². The van der Waals surface area contributed by atoms with E-state index in [1.165, 1.54) is 23.3 Å². The summed E-state index contributed by atoms with van der Waals surface area (Å²) in [7, 11) is 0. The summed E-state index contributed by atoms with van der Waals surface area (Å²) in [5.41, 5.74) is 0.626. The maximum absolute atomic E-state index is 12.8. The Kier molecular flexibility index (Phi) is 7.40. The molecule has 0 spiro atoms. The normalized spacial score (nSPS) is 11.3. The Morgan fingerprint density at radius 3 is 2.31 bits per heavy atom. The van der Waals surface area contributed by atoms with Gasteiger partial charge in [-0.3, -0.25) is 9.59 Å². The Morgan fingerprint density at radius 1 is 1.12 bits per heavy atom. The Morgan fingerprint density at radius 2 is 1.77 bits per heavy atom. The van der Waals surface area contributed by atoms with Crippen molar-refractivity contribution in [1.29, 1.82) is 0 Å². The summed E-state index contributed by atoms with van der Waals surface area (Å²) >= 11 is 5.86. The molecule has 0 saturated carbocycles. The first-order chi connectivity index (χ1) is 12.5. The van der Waals surface area contributed by atoms with E-state index >= 15 is 0 Å². The number of hydrogen-bond acceptors (Lipinski definition) is 5. The van der Waals surface area contributed by atoms with Crippen LogP contribution in [-0.4, -0.2) is 53.2 Å². The maximum atomic E-state index is 12.8. The Labute approximate surface area is 155 Å². The second-order valence-corrected chi connectivity index (χ2v) is 5.72. The van der Waals surface area contributed by atoms with Gasteiger partial charge >= 0.3 is 0 Å². The molecular formula is C18H19ClN2O5. The molecule has 0 aliphatic heterocycles. The number of carbonyl (C=O) groups is 2. The van der Waals surface area contributed by atoms with Crippen molar-refractivity contribution in [2.75, 3.05) is 26.3 Å². The van der Waals surface area contributed by atoms with Crippen molar-refractivity contribution in [3.05, 3.63) is 64.7 Å². The molecule has 0 unspecified atom stereocenters. The van der Waals surface area contributed by atoms with Crippen LogP contribution in [0.3, 0.4) is 0 Å². The molecule has 3 N–H and O–H groups in total. The van der Waals surface area contributed by atoms with E-state index in [1.807, 2.05) is 0 Å². The van der Waals surface area contributed by atoms with Crippen molar-refractivity contribution in [2.45, 2.75) is 0 Å². The summed E-state index contributed by atoms with van der Waals surface area (Å²) in [4.78, 5) is 26.3. The highest BCUT2D eigenvalue weighted by molar-refractivity contribution is 6.30. The van der Waals surface area contributed by atoms with E-state index in [1.54, 1.807) is 30.3 Å². The van der Waals surface area contributed by atoms with Crippen LogP contribution in [0.5, 0.6) is 0 Å². The quantitative estimate of drug-likeness (QED) is 0.604.